The van der Waals surface area contributed by atoms with E-state index in [0.717, 1.165) is 30.3 Å². The molecule has 100 valence electrons. The zero-order chi connectivity index (χ0) is 12.2. The van der Waals surface area contributed by atoms with Crippen LogP contribution in [0.2, 0.25) is 0 Å². The van der Waals surface area contributed by atoms with Gasteiger partial charge in [-0.1, -0.05) is 73.9 Å². The molecule has 0 rings (SSSR count). The van der Waals surface area contributed by atoms with Crippen LogP contribution < -0.4 is 11.1 Å². The maximum absolute atomic E-state index is 4.85. The summed E-state index contributed by atoms with van der Waals surface area (Å²) in [5.74, 6) is 0. The van der Waals surface area contributed by atoms with E-state index in [1.54, 1.807) is 0 Å². The van der Waals surface area contributed by atoms with Crippen molar-refractivity contribution in [1.29, 1.82) is 0 Å². The Labute approximate surface area is 115 Å². The zero-order valence-corrected chi connectivity index (χ0v) is 13.5. The minimum absolute atomic E-state index is 0. The van der Waals surface area contributed by atoms with Gasteiger partial charge in [-0.25, -0.2) is 0 Å². The highest BCUT2D eigenvalue weighted by Crippen LogP contribution is 1.67. The van der Waals surface area contributed by atoms with Crippen molar-refractivity contribution in [1.82, 2.24) is 5.32 Å². The average molecular weight is 352 g/mol. The molecule has 4 heteroatoms. The van der Waals surface area contributed by atoms with Crippen LogP contribution in [0.15, 0.2) is 0 Å². The fourth-order valence-corrected chi connectivity index (χ4v) is 0.250. The third kappa shape index (κ3) is 298. The van der Waals surface area contributed by atoms with Gasteiger partial charge in [-0.15, -0.1) is 0 Å². The van der Waals surface area contributed by atoms with Crippen molar-refractivity contribution in [3.05, 3.63) is 0 Å². The fraction of sp³-hybridized carbons (Fsp3) is 1.00. The molecular formula is C11H32Br2N2. The van der Waals surface area contributed by atoms with E-state index >= 15 is 0 Å². The fourth-order valence-electron chi connectivity index (χ4n) is 0.250. The van der Waals surface area contributed by atoms with E-state index < -0.39 is 0 Å². The van der Waals surface area contributed by atoms with Gasteiger partial charge in [0.05, 0.1) is 0 Å². The lowest BCUT2D eigenvalue weighted by Gasteiger charge is -1.86. The van der Waals surface area contributed by atoms with Gasteiger partial charge in [-0.3, -0.25) is 0 Å². The highest BCUT2D eigenvalue weighted by molar-refractivity contribution is 9.09. The molecule has 15 heavy (non-hydrogen) atoms. The second kappa shape index (κ2) is 60.6. The Hall–Kier alpha value is 0.880. The summed E-state index contributed by atoms with van der Waals surface area (Å²) in [6, 6.07) is 0. The normalized spacial score (nSPS) is 6.40. The lowest BCUT2D eigenvalue weighted by molar-refractivity contribution is 0.762. The highest BCUT2D eigenvalue weighted by Gasteiger charge is 1.62. The molecule has 0 aliphatic carbocycles. The molecule has 0 atom stereocenters. The average Bonchev–Trinajstić information content (AvgIpc) is 2.09. The molecule has 0 saturated carbocycles. The van der Waals surface area contributed by atoms with Crippen LogP contribution in [-0.2, 0) is 0 Å². The molecule has 0 amide bonds. The Balaban J connectivity index is -0.0000000300. The van der Waals surface area contributed by atoms with Crippen molar-refractivity contribution in [3.8, 4) is 0 Å². The maximum Gasteiger partial charge on any atom is 0.000281 e. The van der Waals surface area contributed by atoms with E-state index in [1.165, 1.54) is 0 Å². The van der Waals surface area contributed by atoms with Crippen LogP contribution in [0.25, 0.3) is 0 Å². The number of nitrogens with one attached hydrogen (secondary N) is 1. The number of nitrogens with two attached hydrogens (primary N) is 1. The summed E-state index contributed by atoms with van der Waals surface area (Å²) in [4.78, 5) is 0. The van der Waals surface area contributed by atoms with Crippen molar-refractivity contribution >= 4 is 31.9 Å². The Morgan fingerprint density at radius 1 is 0.867 bits per heavy atom. The molecule has 0 radical (unpaired) electrons. The minimum Gasteiger partial charge on any atom is -0.331 e. The summed E-state index contributed by atoms with van der Waals surface area (Å²) >= 11 is 6.29. The molecule has 0 aliphatic heterocycles. The van der Waals surface area contributed by atoms with E-state index in [1.807, 2.05) is 20.8 Å². The summed E-state index contributed by atoms with van der Waals surface area (Å²) in [6.45, 7) is 13.1. The predicted molar refractivity (Wildman–Crippen MR) is 84.6 cm³/mol. The van der Waals surface area contributed by atoms with E-state index in [0.29, 0.717) is 0 Å². The number of rotatable bonds is 2. The first kappa shape index (κ1) is 29.7. The Kier molecular flexibility index (Phi) is 120. The molecule has 0 fully saturated rings. The monoisotopic (exact) mass is 350 g/mol. The molecule has 0 aromatic carbocycles. The van der Waals surface area contributed by atoms with E-state index in [-0.39, 0.29) is 7.43 Å². The van der Waals surface area contributed by atoms with Crippen molar-refractivity contribution in [2.45, 2.75) is 42.0 Å². The van der Waals surface area contributed by atoms with Gasteiger partial charge in [0.1, 0.15) is 0 Å². The van der Waals surface area contributed by atoms with E-state index in [9.17, 15) is 0 Å². The molecular weight excluding hydrogens is 320 g/mol. The largest absolute Gasteiger partial charge is 0.331 e. The minimum atomic E-state index is 0. The topological polar surface area (TPSA) is 38.0 Å². The first-order valence-corrected chi connectivity index (χ1v) is 7.43. The van der Waals surface area contributed by atoms with Crippen LogP contribution >= 0.6 is 31.9 Å². The highest BCUT2D eigenvalue weighted by atomic mass is 79.9. The van der Waals surface area contributed by atoms with Gasteiger partial charge in [-0.2, -0.15) is 0 Å². The summed E-state index contributed by atoms with van der Waals surface area (Å²) < 4.78 is 0. The maximum atomic E-state index is 4.85. The number of hydrogen-bond acceptors (Lipinski definition) is 2. The van der Waals surface area contributed by atoms with Crippen LogP contribution in [-0.4, -0.2) is 30.3 Å². The molecule has 2 nitrogen and oxygen atoms in total. The summed E-state index contributed by atoms with van der Waals surface area (Å²) in [5.41, 5.74) is 4.85. The van der Waals surface area contributed by atoms with Gasteiger partial charge >= 0.3 is 0 Å². The molecule has 0 saturated heterocycles. The lowest BCUT2D eigenvalue weighted by Crippen LogP contribution is -2.09. The number of halogens is 2. The summed E-state index contributed by atoms with van der Waals surface area (Å²) in [5, 5.41) is 5.24. The van der Waals surface area contributed by atoms with Crippen molar-refractivity contribution in [2.75, 3.05) is 30.3 Å². The Morgan fingerprint density at radius 2 is 1.00 bits per heavy atom. The smallest absolute Gasteiger partial charge is 0.000281 e. The Bertz CT molecular complexity index is 40.8. The van der Waals surface area contributed by atoms with Crippen LogP contribution in [0, 0.1) is 0 Å². The predicted octanol–water partition coefficient (Wildman–Crippen LogP) is 4.02. The van der Waals surface area contributed by atoms with Gasteiger partial charge in [0.2, 0.25) is 0 Å². The van der Waals surface area contributed by atoms with Gasteiger partial charge in [-0.05, 0) is 19.6 Å². The van der Waals surface area contributed by atoms with E-state index in [4.69, 9.17) is 5.73 Å². The van der Waals surface area contributed by atoms with Crippen LogP contribution in [0.3, 0.4) is 0 Å². The van der Waals surface area contributed by atoms with Crippen LogP contribution in [0.4, 0.5) is 0 Å². The summed E-state index contributed by atoms with van der Waals surface area (Å²) in [7, 11) is 0. The third-order valence-electron chi connectivity index (χ3n) is 0.500. The number of hydrogen-bond donors (Lipinski definition) is 2. The molecule has 0 bridgehead atoms. The molecule has 0 heterocycles. The third-order valence-corrected chi connectivity index (χ3v) is 0.500. The van der Waals surface area contributed by atoms with Gasteiger partial charge in [0.25, 0.3) is 0 Å². The SMILES string of the molecule is C.CCBr.CCBr.CCN.CCNCC. The first-order valence-electron chi connectivity index (χ1n) is 5.19. The van der Waals surface area contributed by atoms with Crippen LogP contribution in [0.1, 0.15) is 42.0 Å². The number of alkyl halides is 2. The molecule has 0 spiro atoms. The van der Waals surface area contributed by atoms with Crippen molar-refractivity contribution in [3.63, 3.8) is 0 Å². The molecule has 0 aromatic rings. The molecule has 3 N–H and O–H groups in total. The molecule has 0 unspecified atom stereocenters. The second-order valence-electron chi connectivity index (χ2n) is 1.90. The summed E-state index contributed by atoms with van der Waals surface area (Å²) in [6.07, 6.45) is 0. The standard InChI is InChI=1S/C4H11N.2C2H5Br.C2H7N.CH4/c1-3-5-4-2;3*1-2-3;/h5H,3-4H2,1-2H3;2*2H2,1H3;2-3H2,1H3;1H4. The zero-order valence-electron chi connectivity index (χ0n) is 10.4. The van der Waals surface area contributed by atoms with E-state index in [2.05, 4.69) is 51.0 Å². The second-order valence-corrected chi connectivity index (χ2v) is 4.14. The van der Waals surface area contributed by atoms with Gasteiger partial charge in [0, 0.05) is 10.7 Å². The van der Waals surface area contributed by atoms with Gasteiger partial charge in [0.15, 0.2) is 0 Å². The molecule has 0 aromatic heterocycles. The van der Waals surface area contributed by atoms with Crippen molar-refractivity contribution in [2.24, 2.45) is 5.73 Å². The quantitative estimate of drug-likeness (QED) is 0.737. The van der Waals surface area contributed by atoms with Gasteiger partial charge < -0.3 is 11.1 Å². The lowest BCUT2D eigenvalue weighted by atomic mass is 10.7. The molecule has 0 aliphatic rings. The Morgan fingerprint density at radius 3 is 1.00 bits per heavy atom. The van der Waals surface area contributed by atoms with Crippen molar-refractivity contribution < 1.29 is 0 Å². The first-order chi connectivity index (χ1) is 6.66. The van der Waals surface area contributed by atoms with Crippen LogP contribution in [0.5, 0.6) is 0 Å².